The summed E-state index contributed by atoms with van der Waals surface area (Å²) < 4.78 is 66.5. The van der Waals surface area contributed by atoms with Crippen molar-refractivity contribution in [3.63, 3.8) is 0 Å². The van der Waals surface area contributed by atoms with Crippen molar-refractivity contribution in [1.82, 2.24) is 37.0 Å². The van der Waals surface area contributed by atoms with Crippen molar-refractivity contribution in [1.29, 1.82) is 5.26 Å². The molecule has 0 bridgehead atoms. The maximum Gasteiger partial charge on any atom is 1.00 e. The van der Waals surface area contributed by atoms with E-state index in [-0.39, 0.29) is 68.7 Å². The molecule has 1 heterocycles. The summed E-state index contributed by atoms with van der Waals surface area (Å²) in [7, 11) is 6.02. The van der Waals surface area contributed by atoms with Gasteiger partial charge in [0.05, 0.1) is 39.5 Å². The third-order valence-electron chi connectivity index (χ3n) is 14.0. The molecule has 38 heteroatoms. The molecule has 36 nitrogen and oxygen atoms in total. The zero-order valence-electron chi connectivity index (χ0n) is 71.9. The molecule has 0 saturated carbocycles. The number of carbonyl (C=O) groups is 10. The van der Waals surface area contributed by atoms with Gasteiger partial charge in [0.2, 0.25) is 0 Å². The Balaban J connectivity index is -0.000000135. The summed E-state index contributed by atoms with van der Waals surface area (Å²) in [6.45, 7) is 37.5. The Bertz CT molecular complexity index is 2660. The van der Waals surface area contributed by atoms with Crippen LogP contribution >= 0.6 is 0 Å². The fourth-order valence-corrected chi connectivity index (χ4v) is 8.84. The molecule has 13 atom stereocenters. The molecule has 111 heavy (non-hydrogen) atoms. The number of carboxylic acid groups (broad SMARTS) is 2. The Hall–Kier alpha value is -6.15. The van der Waals surface area contributed by atoms with Crippen molar-refractivity contribution in [2.75, 3.05) is 49.1 Å². The fraction of sp³-hybridized carbons (Fsp3) is 0.849. The summed E-state index contributed by atoms with van der Waals surface area (Å²) in [6, 6.07) is -1.70. The molecule has 0 aromatic rings. The number of carbonyl (C=O) groups excluding carboxylic acids is 8. The number of methoxy groups -OCH3 is 2. The number of nitrogens with zero attached hydrogens (tertiary/aromatic N) is 2. The average molecular weight is 1640 g/mol. The van der Waals surface area contributed by atoms with E-state index in [4.69, 9.17) is 76.9 Å². The van der Waals surface area contributed by atoms with Gasteiger partial charge < -0.3 is 107 Å². The number of rotatable bonds is 34. The number of nitriles is 1. The first kappa shape index (κ1) is 123. The second-order valence-corrected chi connectivity index (χ2v) is 28.9. The van der Waals surface area contributed by atoms with E-state index in [2.05, 4.69) is 50.5 Å². The molecule has 652 valence electrons. The van der Waals surface area contributed by atoms with Gasteiger partial charge in [-0.05, 0) is 161 Å². The van der Waals surface area contributed by atoms with Crippen LogP contribution in [0.4, 0.5) is 19.2 Å². The molecule has 0 aliphatic carbocycles. The van der Waals surface area contributed by atoms with Crippen LogP contribution in [0.3, 0.4) is 0 Å². The van der Waals surface area contributed by atoms with Gasteiger partial charge in [-0.1, -0.05) is 108 Å². The zero-order valence-corrected chi connectivity index (χ0v) is 73.7. The van der Waals surface area contributed by atoms with Gasteiger partial charge in [-0.15, -0.1) is 12.6 Å². The van der Waals surface area contributed by atoms with Crippen molar-refractivity contribution in [2.45, 2.75) is 350 Å². The molecule has 5 amide bonds. The van der Waals surface area contributed by atoms with E-state index in [0.29, 0.717) is 51.0 Å². The maximum atomic E-state index is 12.0. The van der Waals surface area contributed by atoms with Gasteiger partial charge in [-0.2, -0.15) is 5.26 Å². The van der Waals surface area contributed by atoms with E-state index in [1.165, 1.54) is 28.4 Å². The van der Waals surface area contributed by atoms with E-state index >= 15 is 0 Å². The summed E-state index contributed by atoms with van der Waals surface area (Å²) >= 11 is 0. The summed E-state index contributed by atoms with van der Waals surface area (Å²) in [6.07, 6.45) is 6.86. The number of hydrogen-bond acceptors (Lipinski definition) is 29. The van der Waals surface area contributed by atoms with Crippen LogP contribution < -0.4 is 67.2 Å². The first-order valence-corrected chi connectivity index (χ1v) is 37.8. The van der Waals surface area contributed by atoms with Crippen molar-refractivity contribution in [3.05, 3.63) is 0 Å². The van der Waals surface area contributed by atoms with Crippen LogP contribution in [-0.4, -0.2) is 248 Å². The molecule has 6 unspecified atom stereocenters. The second kappa shape index (κ2) is 70.5. The van der Waals surface area contributed by atoms with Crippen LogP contribution in [0.5, 0.6) is 0 Å². The van der Waals surface area contributed by atoms with Gasteiger partial charge in [0.1, 0.15) is 40.8 Å². The standard InChI is InChI=1S/C15H29NO4.C12H24N2O4.C11H20N2O3.C10H19NO4.C10H19NO3.C8H17NO3.C6H13NO3.CH4.Na.O3S.H/c1-5-8-12(16-3)13(14(17)18-4)20-15-11(6-2)9-7-10-19-15;1-7-8-9(10(15)14(5)17-6)13-11(16)18-12(2,3)4;1-5-6-8(9(14)7-12)13-10(15)16-11(2,3)4;1-5-6-7(8(12)13)11-9(14)15-10(2,3)4;1-5-6-8(7-12)11-9(13)14-10(2,3)4;1-4-5-6(9-2)7(10)8(11)12-3;1-2-3-4(7)5(8)6(9)10;;;1-4(2)3;/h11-13,15-16H,5-10H2,1-4H3;9H,7-8H2,1-6H3,(H,13,16);8-9,14H,5-6H2,1-4H3,(H,13,15);7H,5-6H2,1-4H3,(H,11,14)(H,12,13);7-8H,5-6H2,1-4H3,(H,11,13);6-7,9-10H,4-5H2,1-3H3;4-5,8H,2-3,7H2,1H3,(H,9,10);1H4;;;/q;;;;;;;;+1;;-1/t11?,12-,13?,15?;9-;8-,9?;7-;8-;6-,7?;4-,5?;;;;/m0000000..../s1. The van der Waals surface area contributed by atoms with Gasteiger partial charge >= 0.3 is 88.4 Å². The van der Waals surface area contributed by atoms with Gasteiger partial charge in [-0.3, -0.25) is 9.63 Å². The Kier molecular flexibility index (Phi) is 78.1. The number of carboxylic acids is 2. The first-order chi connectivity index (χ1) is 50.3. The third-order valence-corrected chi connectivity index (χ3v) is 14.0. The zero-order chi connectivity index (χ0) is 86.6. The number of aldehydes is 1. The van der Waals surface area contributed by atoms with Crippen LogP contribution in [0.25, 0.3) is 0 Å². The summed E-state index contributed by atoms with van der Waals surface area (Å²) in [4.78, 5) is 116. The molecule has 0 spiro atoms. The number of nitrogens with one attached hydrogen (secondary N) is 6. The van der Waals surface area contributed by atoms with E-state index in [9.17, 15) is 58.2 Å². The van der Waals surface area contributed by atoms with Gasteiger partial charge in [0.15, 0.2) is 30.7 Å². The molecular formula is C73H146N9NaO27S. The number of ether oxygens (including phenoxy) is 8. The summed E-state index contributed by atoms with van der Waals surface area (Å²) in [5.41, 5.74) is 2.99. The smallest absolute Gasteiger partial charge is 1.00 e. The molecule has 1 saturated heterocycles. The molecular weight excluding hydrogens is 1490 g/mol. The molecule has 0 aromatic carbocycles. The Morgan fingerprint density at radius 1 is 0.577 bits per heavy atom. The minimum Gasteiger partial charge on any atom is -1.00 e. The summed E-state index contributed by atoms with van der Waals surface area (Å²) in [5, 5.41) is 70.1. The van der Waals surface area contributed by atoms with Crippen LogP contribution in [-0.2, 0) is 82.1 Å². The largest absolute Gasteiger partial charge is 1.00 e. The van der Waals surface area contributed by atoms with Gasteiger partial charge in [-0.25, -0.2) is 43.4 Å². The van der Waals surface area contributed by atoms with Crippen molar-refractivity contribution < 1.29 is 160 Å². The number of hydroxylamine groups is 2. The number of esters is 2. The molecule has 13 N–H and O–H groups in total. The van der Waals surface area contributed by atoms with Crippen LogP contribution in [0.1, 0.15) is 256 Å². The van der Waals surface area contributed by atoms with Gasteiger partial charge in [0.25, 0.3) is 5.91 Å². The molecule has 1 rings (SSSR count). The van der Waals surface area contributed by atoms with Crippen LogP contribution in [0.2, 0.25) is 0 Å². The molecule has 0 aromatic heterocycles. The Morgan fingerprint density at radius 3 is 1.28 bits per heavy atom. The van der Waals surface area contributed by atoms with Gasteiger partial charge in [0, 0.05) is 37.7 Å². The number of likely N-dealkylation sites (N-methyl/N-ethyl adjacent to an activating group) is 3. The van der Waals surface area contributed by atoms with Crippen LogP contribution in [0.15, 0.2) is 0 Å². The normalized spacial score (nSPS) is 15.6. The molecule has 1 aliphatic rings. The summed E-state index contributed by atoms with van der Waals surface area (Å²) in [5.74, 6) is -3.14. The van der Waals surface area contributed by atoms with E-state index < -0.39 is 130 Å². The van der Waals surface area contributed by atoms with E-state index in [1.807, 2.05) is 48.6 Å². The van der Waals surface area contributed by atoms with E-state index in [1.54, 1.807) is 96.2 Å². The van der Waals surface area contributed by atoms with Crippen molar-refractivity contribution in [2.24, 2.45) is 11.7 Å². The minimum absolute atomic E-state index is 0. The molecule has 0 radical (unpaired) electrons. The quantitative estimate of drug-likeness (QED) is 0.00981. The Morgan fingerprint density at radius 2 is 0.946 bits per heavy atom. The first-order valence-electron chi connectivity index (χ1n) is 36.8. The number of hydrogen-bond donors (Lipinski definition) is 12. The third kappa shape index (κ3) is 72.6. The van der Waals surface area contributed by atoms with Crippen LogP contribution in [0, 0.1) is 17.2 Å². The molecule has 1 fully saturated rings. The minimum atomic E-state index is -3.11. The number of alkyl carbamates (subject to hydrolysis) is 4. The topological polar surface area (TPSA) is 531 Å². The molecule has 1 aliphatic heterocycles. The number of aliphatic hydroxyl groups is 3. The number of nitrogens with two attached hydrogens (primary N) is 1. The van der Waals surface area contributed by atoms with Crippen molar-refractivity contribution >= 4 is 71.1 Å². The number of aliphatic hydroxyl groups excluding tert-OH is 3. The fourth-order valence-electron chi connectivity index (χ4n) is 8.84. The SMILES string of the molecule is C.CCC[C@@H](C=O)NC(=O)OC(C)(C)C.CCC[C@H](N)C(O)C(=O)O.CCC[C@H](NC(=O)OC(C)(C)C)C(=O)N(C)OC.CCC[C@H](NC(=O)OC(C)(C)C)C(=O)O.CCC[C@H](NC(=O)OC(C)(C)C)C(O)C#N.CCC[C@H](NC)C(O)C(=O)OC.CCC[C@H](NC)C(OC1OCCCC1CC)C(=O)OC.O=S(=O)=O.[H-].[Na+]. The number of amides is 5. The average Bonchev–Trinajstić information content (AvgIpc) is 0.850. The predicted octanol–water partition coefficient (Wildman–Crippen LogP) is 5.22. The van der Waals surface area contributed by atoms with E-state index in [0.717, 1.165) is 82.0 Å². The predicted molar refractivity (Wildman–Crippen MR) is 415 cm³/mol. The monoisotopic (exact) mass is 1640 g/mol. The van der Waals surface area contributed by atoms with Crippen molar-refractivity contribution in [3.8, 4) is 6.07 Å². The number of aliphatic carboxylic acids is 2. The maximum absolute atomic E-state index is 12.0. The second-order valence-electron chi connectivity index (χ2n) is 28.5. The Labute approximate surface area is 686 Å².